The maximum absolute atomic E-state index is 2.45. The summed E-state index contributed by atoms with van der Waals surface area (Å²) in [5, 5.41) is 0. The Bertz CT molecular complexity index is 344. The molecule has 0 fully saturated rings. The van der Waals surface area contributed by atoms with E-state index in [1.807, 2.05) is 0 Å². The molecule has 172 valence electrons. The zero-order chi connectivity index (χ0) is 21.3. The summed E-state index contributed by atoms with van der Waals surface area (Å²) in [5.74, 6) is 0. The fourth-order valence-corrected chi connectivity index (χ4v) is 3.78. The molecule has 0 rings (SSSR count). The first-order chi connectivity index (χ1) is 14.3. The Balaban J connectivity index is 3.98. The van der Waals surface area contributed by atoms with Crippen molar-refractivity contribution in [1.29, 1.82) is 0 Å². The minimum absolute atomic E-state index is 1.19. The summed E-state index contributed by atoms with van der Waals surface area (Å²) in [6.07, 6.45) is 37.0. The van der Waals surface area contributed by atoms with Crippen molar-refractivity contribution in [1.82, 2.24) is 4.90 Å². The van der Waals surface area contributed by atoms with Gasteiger partial charge in [-0.1, -0.05) is 129 Å². The van der Waals surface area contributed by atoms with Gasteiger partial charge in [-0.3, -0.25) is 0 Å². The van der Waals surface area contributed by atoms with Gasteiger partial charge < -0.3 is 4.90 Å². The second-order valence-corrected chi connectivity index (χ2v) is 8.89. The molecule has 0 aromatic carbocycles. The second-order valence-electron chi connectivity index (χ2n) is 8.89. The van der Waals surface area contributed by atoms with E-state index in [4.69, 9.17) is 0 Å². The van der Waals surface area contributed by atoms with Crippen molar-refractivity contribution in [3.63, 3.8) is 0 Å². The van der Waals surface area contributed by atoms with Gasteiger partial charge in [0.25, 0.3) is 0 Å². The molecule has 0 heterocycles. The number of allylic oxidation sites excluding steroid dienone is 2. The lowest BCUT2D eigenvalue weighted by molar-refractivity contribution is 0.463. The standard InChI is InChI=1S/C28H55N/c1-4-7-10-13-16-17-18-19-22-25-28-29(26-23-20-14-11-8-5-2)27-24-21-15-12-9-6-3/h23,25-26,28H,4-22,24,27H2,1-3H3. The Morgan fingerprint density at radius 3 is 1.21 bits per heavy atom. The van der Waals surface area contributed by atoms with Crippen molar-refractivity contribution in [3.8, 4) is 0 Å². The normalized spacial score (nSPS) is 11.8. The van der Waals surface area contributed by atoms with Gasteiger partial charge in [0.2, 0.25) is 0 Å². The van der Waals surface area contributed by atoms with Crippen LogP contribution in [0.3, 0.4) is 0 Å². The molecule has 0 aliphatic rings. The van der Waals surface area contributed by atoms with Crippen LogP contribution in [0.15, 0.2) is 24.6 Å². The number of hydrogen-bond donors (Lipinski definition) is 0. The van der Waals surface area contributed by atoms with Gasteiger partial charge in [0, 0.05) is 6.54 Å². The molecule has 29 heavy (non-hydrogen) atoms. The van der Waals surface area contributed by atoms with E-state index in [0.717, 1.165) is 0 Å². The largest absolute Gasteiger partial charge is 0.355 e. The highest BCUT2D eigenvalue weighted by Gasteiger charge is 1.96. The Kier molecular flexibility index (Phi) is 24.7. The Morgan fingerprint density at radius 1 is 0.414 bits per heavy atom. The fraction of sp³-hybridized carbons (Fsp3) is 0.857. The van der Waals surface area contributed by atoms with Gasteiger partial charge >= 0.3 is 0 Å². The van der Waals surface area contributed by atoms with E-state index in [2.05, 4.69) is 50.2 Å². The molecule has 0 aromatic rings. The van der Waals surface area contributed by atoms with Crippen molar-refractivity contribution < 1.29 is 0 Å². The molecule has 0 saturated heterocycles. The van der Waals surface area contributed by atoms with Gasteiger partial charge in [-0.05, 0) is 44.5 Å². The summed E-state index contributed by atoms with van der Waals surface area (Å²) in [4.78, 5) is 2.45. The maximum Gasteiger partial charge on any atom is 0.0219 e. The lowest BCUT2D eigenvalue weighted by Gasteiger charge is -2.15. The minimum atomic E-state index is 1.19. The Labute approximate surface area is 185 Å². The van der Waals surface area contributed by atoms with Crippen LogP contribution in [0.2, 0.25) is 0 Å². The third-order valence-corrected chi connectivity index (χ3v) is 5.81. The predicted octanol–water partition coefficient (Wildman–Crippen LogP) is 10.2. The van der Waals surface area contributed by atoms with Crippen LogP contribution in [0.5, 0.6) is 0 Å². The molecule has 0 N–H and O–H groups in total. The highest BCUT2D eigenvalue weighted by Crippen LogP contribution is 2.11. The summed E-state index contributed by atoms with van der Waals surface area (Å²) >= 11 is 0. The van der Waals surface area contributed by atoms with Gasteiger partial charge in [0.15, 0.2) is 0 Å². The first kappa shape index (κ1) is 28.3. The molecule has 0 radical (unpaired) electrons. The summed E-state index contributed by atoms with van der Waals surface area (Å²) < 4.78 is 0. The number of rotatable bonds is 23. The molecule has 0 bridgehead atoms. The predicted molar refractivity (Wildman–Crippen MR) is 134 cm³/mol. The smallest absolute Gasteiger partial charge is 0.0219 e. The molecular weight excluding hydrogens is 350 g/mol. The van der Waals surface area contributed by atoms with Crippen LogP contribution in [0.1, 0.15) is 149 Å². The zero-order valence-corrected chi connectivity index (χ0v) is 20.6. The van der Waals surface area contributed by atoms with Crippen LogP contribution in [0.4, 0.5) is 0 Å². The molecule has 0 amide bonds. The number of hydrogen-bond acceptors (Lipinski definition) is 1. The maximum atomic E-state index is 2.45. The molecule has 0 aromatic heterocycles. The van der Waals surface area contributed by atoms with E-state index >= 15 is 0 Å². The Morgan fingerprint density at radius 2 is 0.759 bits per heavy atom. The average Bonchev–Trinajstić information content (AvgIpc) is 2.73. The van der Waals surface area contributed by atoms with E-state index in [9.17, 15) is 0 Å². The van der Waals surface area contributed by atoms with Gasteiger partial charge in [0.05, 0.1) is 0 Å². The SMILES string of the molecule is CCCCCCC=CN(C=CCCCCCCCCCC)CCCCCCCC. The van der Waals surface area contributed by atoms with Crippen molar-refractivity contribution in [2.45, 2.75) is 149 Å². The van der Waals surface area contributed by atoms with Crippen molar-refractivity contribution in [3.05, 3.63) is 24.6 Å². The third-order valence-electron chi connectivity index (χ3n) is 5.81. The molecule has 0 spiro atoms. The summed E-state index contributed by atoms with van der Waals surface area (Å²) in [7, 11) is 0. The molecule has 0 aliphatic carbocycles. The van der Waals surface area contributed by atoms with Crippen molar-refractivity contribution in [2.24, 2.45) is 0 Å². The zero-order valence-electron chi connectivity index (χ0n) is 20.6. The van der Waals surface area contributed by atoms with E-state index < -0.39 is 0 Å². The molecule has 0 atom stereocenters. The average molecular weight is 406 g/mol. The quantitative estimate of drug-likeness (QED) is 0.153. The van der Waals surface area contributed by atoms with Crippen LogP contribution in [-0.4, -0.2) is 11.4 Å². The topological polar surface area (TPSA) is 3.24 Å². The van der Waals surface area contributed by atoms with Crippen LogP contribution in [-0.2, 0) is 0 Å². The van der Waals surface area contributed by atoms with Crippen LogP contribution >= 0.6 is 0 Å². The van der Waals surface area contributed by atoms with Gasteiger partial charge in [0.1, 0.15) is 0 Å². The summed E-state index contributed by atoms with van der Waals surface area (Å²) in [5.41, 5.74) is 0. The van der Waals surface area contributed by atoms with Gasteiger partial charge in [-0.2, -0.15) is 0 Å². The third kappa shape index (κ3) is 23.4. The molecule has 1 nitrogen and oxygen atoms in total. The number of nitrogens with zero attached hydrogens (tertiary/aromatic N) is 1. The Hall–Kier alpha value is -0.720. The van der Waals surface area contributed by atoms with Crippen molar-refractivity contribution >= 4 is 0 Å². The summed E-state index contributed by atoms with van der Waals surface area (Å²) in [6, 6.07) is 0. The second kappa shape index (κ2) is 25.3. The molecule has 0 saturated carbocycles. The first-order valence-corrected chi connectivity index (χ1v) is 13.4. The lowest BCUT2D eigenvalue weighted by atomic mass is 10.1. The number of unbranched alkanes of at least 4 members (excludes halogenated alkanes) is 17. The monoisotopic (exact) mass is 405 g/mol. The van der Waals surface area contributed by atoms with Gasteiger partial charge in [-0.15, -0.1) is 0 Å². The van der Waals surface area contributed by atoms with Crippen LogP contribution in [0, 0.1) is 0 Å². The van der Waals surface area contributed by atoms with E-state index in [1.165, 1.54) is 135 Å². The van der Waals surface area contributed by atoms with E-state index in [1.54, 1.807) is 0 Å². The molecule has 0 aliphatic heterocycles. The van der Waals surface area contributed by atoms with Crippen LogP contribution < -0.4 is 0 Å². The summed E-state index contributed by atoms with van der Waals surface area (Å²) in [6.45, 7) is 8.06. The lowest BCUT2D eigenvalue weighted by Crippen LogP contribution is -2.11. The van der Waals surface area contributed by atoms with Crippen molar-refractivity contribution in [2.75, 3.05) is 6.54 Å². The highest BCUT2D eigenvalue weighted by atomic mass is 15.1. The van der Waals surface area contributed by atoms with E-state index in [0.29, 0.717) is 0 Å². The minimum Gasteiger partial charge on any atom is -0.355 e. The highest BCUT2D eigenvalue weighted by molar-refractivity contribution is 4.92. The fourth-order valence-electron chi connectivity index (χ4n) is 3.78. The van der Waals surface area contributed by atoms with Gasteiger partial charge in [-0.25, -0.2) is 0 Å². The first-order valence-electron chi connectivity index (χ1n) is 13.4. The molecule has 1 heteroatoms. The van der Waals surface area contributed by atoms with E-state index in [-0.39, 0.29) is 0 Å². The molecule has 0 unspecified atom stereocenters. The molecular formula is C28H55N. The van der Waals surface area contributed by atoms with Crippen LogP contribution in [0.25, 0.3) is 0 Å².